The predicted octanol–water partition coefficient (Wildman–Crippen LogP) is 4.32. The molecule has 3 heteroatoms. The normalized spacial score (nSPS) is 20.3. The number of hydrogen-bond acceptors (Lipinski definition) is 2. The molecule has 0 saturated heterocycles. The monoisotopic (exact) mass is 278 g/mol. The van der Waals surface area contributed by atoms with E-state index in [0.29, 0.717) is 12.2 Å². The fraction of sp³-hybridized carbons (Fsp3) is 0.625. The molecule has 19 heavy (non-hydrogen) atoms. The topological polar surface area (TPSA) is 18.5 Å². The Bertz CT molecular complexity index is 397. The van der Waals surface area contributed by atoms with Crippen LogP contribution in [-0.4, -0.2) is 12.2 Å². The van der Waals surface area contributed by atoms with Crippen molar-refractivity contribution in [2.75, 3.05) is 0 Å². The van der Waals surface area contributed by atoms with Crippen molar-refractivity contribution in [1.82, 2.24) is 0 Å². The number of hydrogen-bond donors (Lipinski definition) is 0. The SMILES string of the molecule is CCc1ccccc1P(OC1CCC1)OC1CCC1. The van der Waals surface area contributed by atoms with Gasteiger partial charge in [-0.15, -0.1) is 0 Å². The molecule has 0 unspecified atom stereocenters. The fourth-order valence-electron chi connectivity index (χ4n) is 2.35. The van der Waals surface area contributed by atoms with Gasteiger partial charge in [-0.2, -0.15) is 0 Å². The zero-order valence-corrected chi connectivity index (χ0v) is 12.6. The molecule has 2 aliphatic rings. The van der Waals surface area contributed by atoms with E-state index < -0.39 is 8.38 Å². The van der Waals surface area contributed by atoms with Crippen LogP contribution >= 0.6 is 8.38 Å². The smallest absolute Gasteiger partial charge is 0.205 e. The lowest BCUT2D eigenvalue weighted by Crippen LogP contribution is -2.27. The summed E-state index contributed by atoms with van der Waals surface area (Å²) in [6.07, 6.45) is 9.40. The first-order valence-corrected chi connectivity index (χ1v) is 8.76. The van der Waals surface area contributed by atoms with Crippen LogP contribution in [0.25, 0.3) is 0 Å². The summed E-state index contributed by atoms with van der Waals surface area (Å²) in [6.45, 7) is 2.21. The predicted molar refractivity (Wildman–Crippen MR) is 79.8 cm³/mol. The van der Waals surface area contributed by atoms with Gasteiger partial charge in [-0.05, 0) is 56.6 Å². The third-order valence-electron chi connectivity index (χ3n) is 4.16. The van der Waals surface area contributed by atoms with E-state index in [1.54, 1.807) is 0 Å². The molecule has 3 rings (SSSR count). The molecule has 2 aliphatic carbocycles. The first-order valence-electron chi connectivity index (χ1n) is 7.58. The Hall–Kier alpha value is -0.430. The molecular formula is C16H23O2P. The van der Waals surface area contributed by atoms with Gasteiger partial charge < -0.3 is 9.05 Å². The minimum Gasteiger partial charge on any atom is -0.327 e. The molecule has 2 nitrogen and oxygen atoms in total. The Morgan fingerprint density at radius 2 is 1.58 bits per heavy atom. The van der Waals surface area contributed by atoms with Crippen LogP contribution in [0.4, 0.5) is 0 Å². The second-order valence-electron chi connectivity index (χ2n) is 5.56. The molecule has 0 bridgehead atoms. The van der Waals surface area contributed by atoms with Gasteiger partial charge in [-0.3, -0.25) is 0 Å². The molecule has 0 atom stereocenters. The van der Waals surface area contributed by atoms with Gasteiger partial charge in [0.2, 0.25) is 8.38 Å². The van der Waals surface area contributed by atoms with Gasteiger partial charge in [0.05, 0.1) is 12.2 Å². The van der Waals surface area contributed by atoms with Crippen LogP contribution in [0.2, 0.25) is 0 Å². The van der Waals surface area contributed by atoms with Crippen molar-refractivity contribution in [3.05, 3.63) is 29.8 Å². The maximum atomic E-state index is 6.26. The Kier molecular flexibility index (Phi) is 4.53. The van der Waals surface area contributed by atoms with Crippen molar-refractivity contribution in [1.29, 1.82) is 0 Å². The summed E-state index contributed by atoms with van der Waals surface area (Å²) >= 11 is 0. The van der Waals surface area contributed by atoms with Crippen LogP contribution in [0, 0.1) is 0 Å². The third-order valence-corrected chi connectivity index (χ3v) is 5.97. The van der Waals surface area contributed by atoms with Gasteiger partial charge >= 0.3 is 0 Å². The van der Waals surface area contributed by atoms with E-state index in [9.17, 15) is 0 Å². The van der Waals surface area contributed by atoms with Crippen LogP contribution < -0.4 is 5.30 Å². The lowest BCUT2D eigenvalue weighted by atomic mass is 9.97. The van der Waals surface area contributed by atoms with Crippen molar-refractivity contribution in [2.45, 2.75) is 64.1 Å². The third kappa shape index (κ3) is 3.18. The summed E-state index contributed by atoms with van der Waals surface area (Å²) in [7, 11) is -0.870. The average Bonchev–Trinajstić information content (AvgIpc) is 2.35. The number of aryl methyl sites for hydroxylation is 1. The van der Waals surface area contributed by atoms with Crippen LogP contribution in [0.1, 0.15) is 51.0 Å². The lowest BCUT2D eigenvalue weighted by Gasteiger charge is -2.34. The average molecular weight is 278 g/mol. The van der Waals surface area contributed by atoms with E-state index in [0.717, 1.165) is 6.42 Å². The molecule has 0 N–H and O–H groups in total. The summed E-state index contributed by atoms with van der Waals surface area (Å²) in [4.78, 5) is 0. The van der Waals surface area contributed by atoms with Crippen molar-refractivity contribution in [2.24, 2.45) is 0 Å². The first kappa shape index (κ1) is 13.5. The summed E-state index contributed by atoms with van der Waals surface area (Å²) in [5.41, 5.74) is 1.38. The fourth-order valence-corrected chi connectivity index (χ4v) is 4.26. The highest BCUT2D eigenvalue weighted by atomic mass is 31.2. The number of rotatable bonds is 6. The molecule has 0 aliphatic heterocycles. The van der Waals surface area contributed by atoms with Gasteiger partial charge in [-0.25, -0.2) is 0 Å². The van der Waals surface area contributed by atoms with Crippen molar-refractivity contribution < 1.29 is 9.05 Å². The van der Waals surface area contributed by atoms with E-state index in [2.05, 4.69) is 31.2 Å². The molecule has 104 valence electrons. The summed E-state index contributed by atoms with van der Waals surface area (Å²) in [6, 6.07) is 8.63. The molecular weight excluding hydrogens is 255 g/mol. The summed E-state index contributed by atoms with van der Waals surface area (Å²) in [5, 5.41) is 1.30. The van der Waals surface area contributed by atoms with Crippen molar-refractivity contribution >= 4 is 13.7 Å². The van der Waals surface area contributed by atoms with Crippen molar-refractivity contribution in [3.8, 4) is 0 Å². The van der Waals surface area contributed by atoms with Crippen molar-refractivity contribution in [3.63, 3.8) is 0 Å². The minimum atomic E-state index is -0.870. The quantitative estimate of drug-likeness (QED) is 0.721. The van der Waals surface area contributed by atoms with Crippen LogP contribution in [-0.2, 0) is 15.5 Å². The molecule has 0 amide bonds. The highest BCUT2D eigenvalue weighted by molar-refractivity contribution is 7.56. The second kappa shape index (κ2) is 6.35. The molecule has 1 aromatic rings. The largest absolute Gasteiger partial charge is 0.327 e. The van der Waals surface area contributed by atoms with Gasteiger partial charge in [0.25, 0.3) is 0 Å². The maximum absolute atomic E-state index is 6.26. The maximum Gasteiger partial charge on any atom is 0.205 e. The molecule has 0 spiro atoms. The molecule has 0 radical (unpaired) electrons. The lowest BCUT2D eigenvalue weighted by molar-refractivity contribution is 0.0742. The Labute approximate surface area is 117 Å². The van der Waals surface area contributed by atoms with Crippen LogP contribution in [0.15, 0.2) is 24.3 Å². The van der Waals surface area contributed by atoms with E-state index in [1.165, 1.54) is 49.4 Å². The van der Waals surface area contributed by atoms with E-state index in [1.807, 2.05) is 0 Å². The van der Waals surface area contributed by atoms with E-state index in [4.69, 9.17) is 9.05 Å². The first-order chi connectivity index (χ1) is 9.36. The zero-order valence-electron chi connectivity index (χ0n) is 11.7. The zero-order chi connectivity index (χ0) is 13.1. The second-order valence-corrected chi connectivity index (χ2v) is 6.97. The van der Waals surface area contributed by atoms with Crippen LogP contribution in [0.3, 0.4) is 0 Å². The molecule has 1 aromatic carbocycles. The van der Waals surface area contributed by atoms with Gasteiger partial charge in [0.15, 0.2) is 0 Å². The summed E-state index contributed by atoms with van der Waals surface area (Å²) in [5.74, 6) is 0. The molecule has 2 fully saturated rings. The Morgan fingerprint density at radius 1 is 1.00 bits per heavy atom. The number of benzene rings is 1. The van der Waals surface area contributed by atoms with Gasteiger partial charge in [0, 0.05) is 5.30 Å². The Balaban J connectivity index is 1.74. The molecule has 0 aromatic heterocycles. The Morgan fingerprint density at radius 3 is 2.05 bits per heavy atom. The summed E-state index contributed by atoms with van der Waals surface area (Å²) < 4.78 is 12.5. The standard InChI is InChI=1S/C16H23O2P/c1-2-13-7-3-4-12-16(13)19(17-14-8-5-9-14)18-15-10-6-11-15/h3-4,7,12,14-15H,2,5-6,8-11H2,1H3. The minimum absolute atomic E-state index is 0.441. The highest BCUT2D eigenvalue weighted by Gasteiger charge is 2.30. The van der Waals surface area contributed by atoms with E-state index in [-0.39, 0.29) is 0 Å². The van der Waals surface area contributed by atoms with Gasteiger partial charge in [0.1, 0.15) is 0 Å². The highest BCUT2D eigenvalue weighted by Crippen LogP contribution is 2.47. The molecule has 0 heterocycles. The molecule has 2 saturated carbocycles. The van der Waals surface area contributed by atoms with Crippen LogP contribution in [0.5, 0.6) is 0 Å². The van der Waals surface area contributed by atoms with E-state index >= 15 is 0 Å². The van der Waals surface area contributed by atoms with Gasteiger partial charge in [-0.1, -0.05) is 25.1 Å².